The molecule has 0 unspecified atom stereocenters. The molecule has 0 aliphatic carbocycles. The first-order valence-electron chi connectivity index (χ1n) is 8.18. The summed E-state index contributed by atoms with van der Waals surface area (Å²) < 4.78 is 0.978. The van der Waals surface area contributed by atoms with Crippen LogP contribution in [0.5, 0.6) is 0 Å². The van der Waals surface area contributed by atoms with Gasteiger partial charge < -0.3 is 5.11 Å². The van der Waals surface area contributed by atoms with Crippen molar-refractivity contribution in [2.45, 2.75) is 5.60 Å². The number of hydrogen-bond acceptors (Lipinski definition) is 4. The predicted octanol–water partition coefficient (Wildman–Crippen LogP) is 4.17. The number of hydrogen-bond donors (Lipinski definition) is 2. The van der Waals surface area contributed by atoms with E-state index in [0.29, 0.717) is 16.3 Å². The monoisotopic (exact) mass is 360 g/mol. The Hall–Kier alpha value is -3.02. The van der Waals surface area contributed by atoms with Gasteiger partial charge in [0.15, 0.2) is 10.7 Å². The van der Waals surface area contributed by atoms with E-state index in [0.717, 1.165) is 10.2 Å². The maximum Gasteiger partial charge on any atom is 0.267 e. The van der Waals surface area contributed by atoms with Gasteiger partial charge in [-0.1, -0.05) is 84.1 Å². The number of nitrogens with one attached hydrogen (secondary N) is 1. The molecule has 3 aromatic carbocycles. The highest BCUT2D eigenvalue weighted by Crippen LogP contribution is 2.32. The molecule has 128 valence electrons. The van der Waals surface area contributed by atoms with Gasteiger partial charge in [-0.2, -0.15) is 0 Å². The molecular weight excluding hydrogens is 344 g/mol. The van der Waals surface area contributed by atoms with Gasteiger partial charge >= 0.3 is 0 Å². The van der Waals surface area contributed by atoms with Gasteiger partial charge in [0.25, 0.3) is 5.91 Å². The fraction of sp³-hybridized carbons (Fsp3) is 0.0476. The highest BCUT2D eigenvalue weighted by atomic mass is 32.1. The lowest BCUT2D eigenvalue weighted by Crippen LogP contribution is -2.41. The van der Waals surface area contributed by atoms with Crippen LogP contribution in [0.3, 0.4) is 0 Å². The van der Waals surface area contributed by atoms with Crippen LogP contribution in [-0.2, 0) is 10.4 Å². The third kappa shape index (κ3) is 2.87. The molecule has 1 amide bonds. The minimum Gasteiger partial charge on any atom is -0.372 e. The largest absolute Gasteiger partial charge is 0.372 e. The van der Waals surface area contributed by atoms with Crippen LogP contribution in [0.15, 0.2) is 84.9 Å². The minimum atomic E-state index is -1.81. The molecule has 0 aliphatic rings. The number of fused-ring (bicyclic) bond motifs is 1. The number of nitrogens with zero attached hydrogens (tertiary/aromatic N) is 1. The third-order valence-corrected chi connectivity index (χ3v) is 5.18. The summed E-state index contributed by atoms with van der Waals surface area (Å²) in [6, 6.07) is 25.5. The van der Waals surface area contributed by atoms with E-state index in [1.54, 1.807) is 48.5 Å². The Morgan fingerprint density at radius 2 is 1.38 bits per heavy atom. The second kappa shape index (κ2) is 6.71. The van der Waals surface area contributed by atoms with Crippen molar-refractivity contribution in [1.29, 1.82) is 0 Å². The third-order valence-electron chi connectivity index (χ3n) is 4.23. The first-order chi connectivity index (χ1) is 12.7. The summed E-state index contributed by atoms with van der Waals surface area (Å²) in [5, 5.41) is 14.7. The molecule has 1 aromatic heterocycles. The summed E-state index contributed by atoms with van der Waals surface area (Å²) in [6.45, 7) is 0. The number of aliphatic hydroxyl groups is 1. The van der Waals surface area contributed by atoms with Gasteiger partial charge in [-0.25, -0.2) is 4.98 Å². The fourth-order valence-electron chi connectivity index (χ4n) is 2.90. The lowest BCUT2D eigenvalue weighted by molar-refractivity contribution is -0.131. The highest BCUT2D eigenvalue weighted by molar-refractivity contribution is 7.22. The second-order valence-electron chi connectivity index (χ2n) is 5.88. The van der Waals surface area contributed by atoms with E-state index >= 15 is 0 Å². The molecule has 0 saturated heterocycles. The second-order valence-corrected chi connectivity index (χ2v) is 6.91. The van der Waals surface area contributed by atoms with Gasteiger partial charge in [-0.3, -0.25) is 10.1 Å². The molecule has 4 aromatic rings. The van der Waals surface area contributed by atoms with Crippen molar-refractivity contribution in [3.05, 3.63) is 96.1 Å². The van der Waals surface area contributed by atoms with Crippen LogP contribution < -0.4 is 5.32 Å². The minimum absolute atomic E-state index is 0.460. The average molecular weight is 360 g/mol. The molecule has 4 rings (SSSR count). The summed E-state index contributed by atoms with van der Waals surface area (Å²) in [5.41, 5.74) is 0.0192. The first-order valence-corrected chi connectivity index (χ1v) is 9.00. The molecule has 0 radical (unpaired) electrons. The number of thiazole rings is 1. The molecule has 0 bridgehead atoms. The van der Waals surface area contributed by atoms with Crippen LogP contribution in [-0.4, -0.2) is 16.0 Å². The maximum atomic E-state index is 13.1. The van der Waals surface area contributed by atoms with Gasteiger partial charge in [0.2, 0.25) is 0 Å². The van der Waals surface area contributed by atoms with E-state index in [2.05, 4.69) is 10.3 Å². The van der Waals surface area contributed by atoms with Crippen LogP contribution >= 0.6 is 11.3 Å². The Kier molecular flexibility index (Phi) is 4.24. The molecule has 0 saturated carbocycles. The Labute approximate surface area is 154 Å². The maximum absolute atomic E-state index is 13.1. The summed E-state index contributed by atoms with van der Waals surface area (Å²) >= 11 is 1.38. The molecule has 5 heteroatoms. The summed E-state index contributed by atoms with van der Waals surface area (Å²) in [5.74, 6) is -0.533. The Bertz CT molecular complexity index is 973. The lowest BCUT2D eigenvalue weighted by atomic mass is 9.85. The van der Waals surface area contributed by atoms with Gasteiger partial charge in [0.05, 0.1) is 10.2 Å². The zero-order valence-electron chi connectivity index (χ0n) is 13.8. The van der Waals surface area contributed by atoms with Gasteiger partial charge in [-0.15, -0.1) is 0 Å². The van der Waals surface area contributed by atoms with E-state index in [-0.39, 0.29) is 0 Å². The molecule has 0 fully saturated rings. The Morgan fingerprint density at radius 1 is 0.846 bits per heavy atom. The zero-order valence-corrected chi connectivity index (χ0v) is 14.6. The van der Waals surface area contributed by atoms with Gasteiger partial charge in [-0.05, 0) is 23.3 Å². The lowest BCUT2D eigenvalue weighted by Gasteiger charge is -2.27. The summed E-state index contributed by atoms with van der Waals surface area (Å²) in [7, 11) is 0. The molecule has 0 spiro atoms. The van der Waals surface area contributed by atoms with Crippen LogP contribution in [0.25, 0.3) is 10.2 Å². The van der Waals surface area contributed by atoms with E-state index < -0.39 is 11.5 Å². The van der Waals surface area contributed by atoms with Crippen LogP contribution in [0.2, 0.25) is 0 Å². The van der Waals surface area contributed by atoms with Crippen molar-refractivity contribution >= 4 is 32.6 Å². The summed E-state index contributed by atoms with van der Waals surface area (Å²) in [6.07, 6.45) is 0. The van der Waals surface area contributed by atoms with Gasteiger partial charge in [0.1, 0.15) is 0 Å². The summed E-state index contributed by atoms with van der Waals surface area (Å²) in [4.78, 5) is 17.5. The average Bonchev–Trinajstić information content (AvgIpc) is 3.11. The van der Waals surface area contributed by atoms with E-state index in [9.17, 15) is 9.90 Å². The standard InChI is InChI=1S/C21H16N2O2S/c24-19(23-20-22-17-13-7-8-14-18(17)26-20)21(25,15-9-3-1-4-10-15)16-11-5-2-6-12-16/h1-14,25H,(H,22,23,24). The number of carbonyl (C=O) groups excluding carboxylic acids is 1. The molecule has 2 N–H and O–H groups in total. The quantitative estimate of drug-likeness (QED) is 0.574. The van der Waals surface area contributed by atoms with E-state index in [1.165, 1.54) is 11.3 Å². The fourth-order valence-corrected chi connectivity index (χ4v) is 3.76. The van der Waals surface area contributed by atoms with Crippen molar-refractivity contribution < 1.29 is 9.90 Å². The van der Waals surface area contributed by atoms with Crippen LogP contribution in [0.4, 0.5) is 5.13 Å². The number of amides is 1. The molecule has 26 heavy (non-hydrogen) atoms. The highest BCUT2D eigenvalue weighted by Gasteiger charge is 2.40. The van der Waals surface area contributed by atoms with Crippen molar-refractivity contribution in [3.63, 3.8) is 0 Å². The predicted molar refractivity (Wildman–Crippen MR) is 104 cm³/mol. The normalized spacial score (nSPS) is 11.4. The number of anilines is 1. The Morgan fingerprint density at radius 3 is 1.96 bits per heavy atom. The molecule has 0 atom stereocenters. The van der Waals surface area contributed by atoms with E-state index in [1.807, 2.05) is 36.4 Å². The Balaban J connectivity index is 1.75. The zero-order chi connectivity index (χ0) is 18.0. The van der Waals surface area contributed by atoms with Crippen molar-refractivity contribution in [2.75, 3.05) is 5.32 Å². The first kappa shape index (κ1) is 16.4. The van der Waals surface area contributed by atoms with Gasteiger partial charge in [0, 0.05) is 0 Å². The number of para-hydroxylation sites is 1. The van der Waals surface area contributed by atoms with Crippen molar-refractivity contribution in [3.8, 4) is 0 Å². The number of aromatic nitrogens is 1. The smallest absolute Gasteiger partial charge is 0.267 e. The molecule has 4 nitrogen and oxygen atoms in total. The number of rotatable bonds is 4. The number of benzene rings is 3. The SMILES string of the molecule is O=C(Nc1nc2ccccc2s1)C(O)(c1ccccc1)c1ccccc1. The van der Waals surface area contributed by atoms with Crippen LogP contribution in [0, 0.1) is 0 Å². The topological polar surface area (TPSA) is 62.2 Å². The molecule has 0 aliphatic heterocycles. The molecule has 1 heterocycles. The van der Waals surface area contributed by atoms with E-state index in [4.69, 9.17) is 0 Å². The molecular formula is C21H16N2O2S. The van der Waals surface area contributed by atoms with Crippen molar-refractivity contribution in [2.24, 2.45) is 0 Å². The van der Waals surface area contributed by atoms with Crippen molar-refractivity contribution in [1.82, 2.24) is 4.98 Å². The van der Waals surface area contributed by atoms with Crippen LogP contribution in [0.1, 0.15) is 11.1 Å². The number of carbonyl (C=O) groups is 1.